The molecule has 2 unspecified atom stereocenters. The third-order valence-corrected chi connectivity index (χ3v) is 2.01. The lowest BCUT2D eigenvalue weighted by Crippen LogP contribution is -2.44. The van der Waals surface area contributed by atoms with E-state index in [4.69, 9.17) is 11.5 Å². The molecule has 1 fully saturated rings. The summed E-state index contributed by atoms with van der Waals surface area (Å²) < 4.78 is 0. The van der Waals surface area contributed by atoms with Gasteiger partial charge in [-0.2, -0.15) is 0 Å². The van der Waals surface area contributed by atoms with Crippen LogP contribution in [0.2, 0.25) is 0 Å². The van der Waals surface area contributed by atoms with Crippen LogP contribution in [0.25, 0.3) is 0 Å². The van der Waals surface area contributed by atoms with Gasteiger partial charge < -0.3 is 11.5 Å². The van der Waals surface area contributed by atoms with Gasteiger partial charge in [-0.05, 0) is 12.8 Å². The second-order valence-electron chi connectivity index (χ2n) is 2.94. The maximum Gasteiger partial charge on any atom is 0.0236 e. The molecule has 1 aliphatic carbocycles. The van der Waals surface area contributed by atoms with Crippen molar-refractivity contribution < 1.29 is 0 Å². The maximum atomic E-state index is 5.70. The fourth-order valence-corrected chi connectivity index (χ4v) is 1.16. The van der Waals surface area contributed by atoms with Crippen molar-refractivity contribution in [3.05, 3.63) is 24.3 Å². The molecule has 1 aliphatic rings. The van der Waals surface area contributed by atoms with E-state index in [-0.39, 0.29) is 12.1 Å². The SMILES string of the molecule is C=C1CC(N)C(N)CC1=C. The minimum atomic E-state index is 0.0815. The van der Waals surface area contributed by atoms with Gasteiger partial charge in [0.1, 0.15) is 0 Å². The predicted molar refractivity (Wildman–Crippen MR) is 43.5 cm³/mol. The molecule has 0 bridgehead atoms. The highest BCUT2D eigenvalue weighted by Gasteiger charge is 2.21. The van der Waals surface area contributed by atoms with Gasteiger partial charge in [0.2, 0.25) is 0 Å². The highest BCUT2D eigenvalue weighted by atomic mass is 14.8. The van der Waals surface area contributed by atoms with Gasteiger partial charge in [-0.25, -0.2) is 0 Å². The molecule has 0 aromatic carbocycles. The van der Waals surface area contributed by atoms with Gasteiger partial charge in [0.25, 0.3) is 0 Å². The Kier molecular flexibility index (Phi) is 1.92. The van der Waals surface area contributed by atoms with Crippen LogP contribution in [-0.4, -0.2) is 12.1 Å². The van der Waals surface area contributed by atoms with E-state index in [0.29, 0.717) is 0 Å². The molecule has 2 atom stereocenters. The molecular formula is C8H14N2. The van der Waals surface area contributed by atoms with Crippen molar-refractivity contribution in [2.45, 2.75) is 24.9 Å². The summed E-state index contributed by atoms with van der Waals surface area (Å²) in [5.74, 6) is 0. The van der Waals surface area contributed by atoms with Crippen LogP contribution < -0.4 is 11.5 Å². The standard InChI is InChI=1S/C8H14N2/c1-5-3-7(9)8(10)4-6(5)2/h7-8H,1-4,9-10H2. The van der Waals surface area contributed by atoms with E-state index in [0.717, 1.165) is 24.0 Å². The van der Waals surface area contributed by atoms with Crippen LogP contribution >= 0.6 is 0 Å². The highest BCUT2D eigenvalue weighted by Crippen LogP contribution is 2.24. The molecule has 2 nitrogen and oxygen atoms in total. The minimum Gasteiger partial charge on any atom is -0.326 e. The van der Waals surface area contributed by atoms with Crippen molar-refractivity contribution in [1.82, 2.24) is 0 Å². The summed E-state index contributed by atoms with van der Waals surface area (Å²) in [7, 11) is 0. The van der Waals surface area contributed by atoms with E-state index < -0.39 is 0 Å². The first kappa shape index (κ1) is 7.51. The molecule has 2 heteroatoms. The van der Waals surface area contributed by atoms with Gasteiger partial charge in [0.15, 0.2) is 0 Å². The van der Waals surface area contributed by atoms with Crippen molar-refractivity contribution in [3.63, 3.8) is 0 Å². The first-order valence-electron chi connectivity index (χ1n) is 3.48. The van der Waals surface area contributed by atoms with Gasteiger partial charge in [-0.15, -0.1) is 0 Å². The topological polar surface area (TPSA) is 52.0 Å². The molecule has 0 amide bonds. The molecule has 1 saturated carbocycles. The third-order valence-electron chi connectivity index (χ3n) is 2.01. The van der Waals surface area contributed by atoms with Crippen LogP contribution in [-0.2, 0) is 0 Å². The van der Waals surface area contributed by atoms with E-state index in [1.165, 1.54) is 0 Å². The van der Waals surface area contributed by atoms with Crippen LogP contribution in [0.4, 0.5) is 0 Å². The second kappa shape index (κ2) is 2.56. The van der Waals surface area contributed by atoms with Crippen LogP contribution in [0.5, 0.6) is 0 Å². The van der Waals surface area contributed by atoms with Gasteiger partial charge >= 0.3 is 0 Å². The van der Waals surface area contributed by atoms with Gasteiger partial charge in [0, 0.05) is 12.1 Å². The van der Waals surface area contributed by atoms with Gasteiger partial charge in [0.05, 0.1) is 0 Å². The Hall–Kier alpha value is -0.600. The smallest absolute Gasteiger partial charge is 0.0236 e. The van der Waals surface area contributed by atoms with Crippen molar-refractivity contribution in [2.24, 2.45) is 11.5 Å². The normalized spacial score (nSPS) is 34.6. The van der Waals surface area contributed by atoms with Crippen molar-refractivity contribution in [3.8, 4) is 0 Å². The Balaban J connectivity index is 2.63. The molecule has 0 aromatic rings. The second-order valence-corrected chi connectivity index (χ2v) is 2.94. The number of rotatable bonds is 0. The molecule has 10 heavy (non-hydrogen) atoms. The summed E-state index contributed by atoms with van der Waals surface area (Å²) in [6.45, 7) is 7.69. The van der Waals surface area contributed by atoms with Gasteiger partial charge in [-0.1, -0.05) is 24.3 Å². The molecule has 0 saturated heterocycles. The van der Waals surface area contributed by atoms with E-state index in [1.54, 1.807) is 0 Å². The number of hydrogen-bond donors (Lipinski definition) is 2. The molecule has 4 N–H and O–H groups in total. The van der Waals surface area contributed by atoms with Crippen LogP contribution in [0.1, 0.15) is 12.8 Å². The summed E-state index contributed by atoms with van der Waals surface area (Å²) in [5, 5.41) is 0. The summed E-state index contributed by atoms with van der Waals surface area (Å²) in [5.41, 5.74) is 13.5. The van der Waals surface area contributed by atoms with Crippen LogP contribution in [0.3, 0.4) is 0 Å². The quantitative estimate of drug-likeness (QED) is 0.513. The van der Waals surface area contributed by atoms with Crippen LogP contribution in [0.15, 0.2) is 24.3 Å². The molecule has 0 aliphatic heterocycles. The minimum absolute atomic E-state index is 0.0815. The van der Waals surface area contributed by atoms with Crippen molar-refractivity contribution >= 4 is 0 Å². The lowest BCUT2D eigenvalue weighted by atomic mass is 9.85. The van der Waals surface area contributed by atoms with E-state index in [2.05, 4.69) is 13.2 Å². The van der Waals surface area contributed by atoms with E-state index in [9.17, 15) is 0 Å². The average molecular weight is 138 g/mol. The van der Waals surface area contributed by atoms with Crippen molar-refractivity contribution in [2.75, 3.05) is 0 Å². The summed E-state index contributed by atoms with van der Waals surface area (Å²) in [6.07, 6.45) is 1.61. The molecule has 0 radical (unpaired) electrons. The Morgan fingerprint density at radius 2 is 1.30 bits per heavy atom. The lowest BCUT2D eigenvalue weighted by molar-refractivity contribution is 0.490. The maximum absolute atomic E-state index is 5.70. The monoisotopic (exact) mass is 138 g/mol. The highest BCUT2D eigenvalue weighted by molar-refractivity contribution is 5.30. The third kappa shape index (κ3) is 1.28. The fraction of sp³-hybridized carbons (Fsp3) is 0.500. The zero-order chi connectivity index (χ0) is 7.72. The molecule has 56 valence electrons. The van der Waals surface area contributed by atoms with Gasteiger partial charge in [-0.3, -0.25) is 0 Å². The average Bonchev–Trinajstić information content (AvgIpc) is 1.84. The zero-order valence-corrected chi connectivity index (χ0v) is 6.14. The van der Waals surface area contributed by atoms with E-state index in [1.807, 2.05) is 0 Å². The predicted octanol–water partition coefficient (Wildman–Crippen LogP) is 0.547. The molecule has 0 spiro atoms. The lowest BCUT2D eigenvalue weighted by Gasteiger charge is -2.28. The molecule has 1 rings (SSSR count). The number of nitrogens with two attached hydrogens (primary N) is 2. The Bertz CT molecular complexity index is 152. The number of hydrogen-bond acceptors (Lipinski definition) is 2. The Morgan fingerprint density at radius 3 is 1.60 bits per heavy atom. The largest absolute Gasteiger partial charge is 0.326 e. The molecular weight excluding hydrogens is 124 g/mol. The van der Waals surface area contributed by atoms with Crippen molar-refractivity contribution in [1.29, 1.82) is 0 Å². The summed E-state index contributed by atoms with van der Waals surface area (Å²) >= 11 is 0. The summed E-state index contributed by atoms with van der Waals surface area (Å²) in [6, 6.07) is 0.163. The molecule has 0 aromatic heterocycles. The van der Waals surface area contributed by atoms with E-state index >= 15 is 0 Å². The first-order valence-corrected chi connectivity index (χ1v) is 3.48. The van der Waals surface area contributed by atoms with Crippen LogP contribution in [0, 0.1) is 0 Å². The Morgan fingerprint density at radius 1 is 1.00 bits per heavy atom. The zero-order valence-electron chi connectivity index (χ0n) is 6.14. The molecule has 0 heterocycles. The Labute approximate surface area is 61.6 Å². The fourth-order valence-electron chi connectivity index (χ4n) is 1.16. The first-order chi connectivity index (χ1) is 4.61. The summed E-state index contributed by atoms with van der Waals surface area (Å²) in [4.78, 5) is 0.